The molecule has 0 bridgehead atoms. The van der Waals surface area contributed by atoms with Crippen LogP contribution in [0.25, 0.3) is 0 Å². The van der Waals surface area contributed by atoms with Crippen LogP contribution >= 0.6 is 0 Å². The zero-order valence-electron chi connectivity index (χ0n) is 13.0. The first kappa shape index (κ1) is 13.8. The van der Waals surface area contributed by atoms with Crippen molar-refractivity contribution in [3.05, 3.63) is 35.9 Å². The summed E-state index contributed by atoms with van der Waals surface area (Å²) >= 11 is 0. The second kappa shape index (κ2) is 6.10. The van der Waals surface area contributed by atoms with Gasteiger partial charge in [0.15, 0.2) is 0 Å². The number of hydrogen-bond acceptors (Lipinski definition) is 2. The molecule has 2 aliphatic carbocycles. The van der Waals surface area contributed by atoms with Crippen LogP contribution in [-0.4, -0.2) is 36.6 Å². The van der Waals surface area contributed by atoms with E-state index >= 15 is 0 Å². The molecule has 0 amide bonds. The average molecular weight is 284 g/mol. The second-order valence-electron chi connectivity index (χ2n) is 7.42. The smallest absolute Gasteiger partial charge is 0.0261 e. The molecule has 0 aromatic heterocycles. The molecular formula is C19H28N2. The topological polar surface area (TPSA) is 15.3 Å². The molecule has 0 radical (unpaired) electrons. The average Bonchev–Trinajstić information content (AvgIpc) is 3.40. The highest BCUT2D eigenvalue weighted by Crippen LogP contribution is 2.36. The maximum atomic E-state index is 3.84. The first-order valence-electron chi connectivity index (χ1n) is 8.90. The monoisotopic (exact) mass is 284 g/mol. The summed E-state index contributed by atoms with van der Waals surface area (Å²) in [6, 6.07) is 12.5. The lowest BCUT2D eigenvalue weighted by Gasteiger charge is -2.41. The van der Waals surface area contributed by atoms with Crippen molar-refractivity contribution >= 4 is 0 Å². The zero-order chi connectivity index (χ0) is 14.1. The molecule has 2 heteroatoms. The minimum Gasteiger partial charge on any atom is -0.311 e. The second-order valence-corrected chi connectivity index (χ2v) is 7.42. The number of piperazine rings is 1. The highest BCUT2D eigenvalue weighted by atomic mass is 15.2. The fourth-order valence-corrected chi connectivity index (χ4v) is 3.81. The molecule has 1 aromatic carbocycles. The third kappa shape index (κ3) is 3.67. The summed E-state index contributed by atoms with van der Waals surface area (Å²) in [5.41, 5.74) is 1.49. The Morgan fingerprint density at radius 1 is 1.05 bits per heavy atom. The summed E-state index contributed by atoms with van der Waals surface area (Å²) in [6.07, 6.45) is 8.52. The Morgan fingerprint density at radius 2 is 1.86 bits per heavy atom. The van der Waals surface area contributed by atoms with E-state index in [0.717, 1.165) is 17.9 Å². The lowest BCUT2D eigenvalue weighted by atomic mass is 9.99. The molecule has 2 saturated carbocycles. The predicted octanol–water partition coefficient (Wildman–Crippen LogP) is 3.08. The van der Waals surface area contributed by atoms with E-state index in [4.69, 9.17) is 0 Å². The van der Waals surface area contributed by atoms with E-state index in [0.29, 0.717) is 6.04 Å². The van der Waals surface area contributed by atoms with Gasteiger partial charge >= 0.3 is 0 Å². The Hall–Kier alpha value is -0.860. The lowest BCUT2D eigenvalue weighted by molar-refractivity contribution is 0.118. The van der Waals surface area contributed by atoms with Gasteiger partial charge in [-0.1, -0.05) is 43.2 Å². The largest absolute Gasteiger partial charge is 0.311 e. The SMILES string of the molecule is c1ccc(CC2CNC(C3CC3)CN2CCC2CC2)cc1. The quantitative estimate of drug-likeness (QED) is 0.863. The van der Waals surface area contributed by atoms with Gasteiger partial charge in [0.25, 0.3) is 0 Å². The normalized spacial score (nSPS) is 30.5. The van der Waals surface area contributed by atoms with Crippen molar-refractivity contribution in [2.45, 2.75) is 50.6 Å². The summed E-state index contributed by atoms with van der Waals surface area (Å²) in [4.78, 5) is 2.81. The molecule has 2 unspecified atom stereocenters. The van der Waals surface area contributed by atoms with E-state index in [2.05, 4.69) is 40.5 Å². The molecule has 1 aromatic rings. The minimum atomic E-state index is 0.696. The molecule has 2 nitrogen and oxygen atoms in total. The molecule has 1 saturated heterocycles. The summed E-state index contributed by atoms with van der Waals surface area (Å²) in [7, 11) is 0. The molecule has 0 spiro atoms. The van der Waals surface area contributed by atoms with Gasteiger partial charge in [-0.15, -0.1) is 0 Å². The van der Waals surface area contributed by atoms with Gasteiger partial charge in [-0.3, -0.25) is 4.90 Å². The zero-order valence-corrected chi connectivity index (χ0v) is 13.0. The minimum absolute atomic E-state index is 0.696. The Morgan fingerprint density at radius 3 is 2.57 bits per heavy atom. The fraction of sp³-hybridized carbons (Fsp3) is 0.684. The third-order valence-corrected chi connectivity index (χ3v) is 5.59. The first-order chi connectivity index (χ1) is 10.4. The van der Waals surface area contributed by atoms with E-state index < -0.39 is 0 Å². The maximum absolute atomic E-state index is 3.84. The molecule has 21 heavy (non-hydrogen) atoms. The van der Waals surface area contributed by atoms with Crippen LogP contribution in [0.3, 0.4) is 0 Å². The molecule has 114 valence electrons. The summed E-state index contributed by atoms with van der Waals surface area (Å²) in [5, 5.41) is 3.84. The van der Waals surface area contributed by atoms with Crippen molar-refractivity contribution in [1.29, 1.82) is 0 Å². The standard InChI is InChI=1S/C19H28N2/c1-2-4-16(5-3-1)12-18-13-20-19(17-8-9-17)14-21(18)11-10-15-6-7-15/h1-5,15,17-20H,6-14H2. The van der Waals surface area contributed by atoms with Crippen LogP contribution in [0.5, 0.6) is 0 Å². The van der Waals surface area contributed by atoms with Crippen molar-refractivity contribution < 1.29 is 0 Å². The van der Waals surface area contributed by atoms with Crippen LogP contribution in [0.2, 0.25) is 0 Å². The lowest BCUT2D eigenvalue weighted by Crippen LogP contribution is -2.58. The van der Waals surface area contributed by atoms with Crippen LogP contribution in [0.1, 0.15) is 37.7 Å². The highest BCUT2D eigenvalue weighted by Gasteiger charge is 2.37. The molecule has 4 rings (SSSR count). The number of benzene rings is 1. The third-order valence-electron chi connectivity index (χ3n) is 5.59. The molecular weight excluding hydrogens is 256 g/mol. The molecule has 3 aliphatic rings. The van der Waals surface area contributed by atoms with Gasteiger partial charge in [-0.25, -0.2) is 0 Å². The van der Waals surface area contributed by atoms with Gasteiger partial charge in [0.2, 0.25) is 0 Å². The highest BCUT2D eigenvalue weighted by molar-refractivity contribution is 5.16. The fourth-order valence-electron chi connectivity index (χ4n) is 3.81. The van der Waals surface area contributed by atoms with Gasteiger partial charge in [0.05, 0.1) is 0 Å². The van der Waals surface area contributed by atoms with Crippen molar-refractivity contribution in [2.24, 2.45) is 11.8 Å². The Kier molecular flexibility index (Phi) is 4.00. The van der Waals surface area contributed by atoms with E-state index in [9.17, 15) is 0 Å². The van der Waals surface area contributed by atoms with E-state index in [1.807, 2.05) is 0 Å². The Labute approximate surface area is 128 Å². The molecule has 1 N–H and O–H groups in total. The molecule has 2 atom stereocenters. The van der Waals surface area contributed by atoms with Gasteiger partial charge < -0.3 is 5.32 Å². The number of hydrogen-bond donors (Lipinski definition) is 1. The van der Waals surface area contributed by atoms with Gasteiger partial charge in [-0.05, 0) is 49.6 Å². The van der Waals surface area contributed by atoms with Crippen molar-refractivity contribution in [1.82, 2.24) is 10.2 Å². The number of rotatable bonds is 6. The Bertz CT molecular complexity index is 450. The first-order valence-corrected chi connectivity index (χ1v) is 8.90. The van der Waals surface area contributed by atoms with Crippen LogP contribution in [-0.2, 0) is 6.42 Å². The molecule has 1 heterocycles. The van der Waals surface area contributed by atoms with Crippen LogP contribution in [0.15, 0.2) is 30.3 Å². The van der Waals surface area contributed by atoms with E-state index in [1.165, 1.54) is 63.7 Å². The van der Waals surface area contributed by atoms with Crippen molar-refractivity contribution in [3.63, 3.8) is 0 Å². The molecule has 1 aliphatic heterocycles. The van der Waals surface area contributed by atoms with E-state index in [1.54, 1.807) is 0 Å². The number of nitrogens with one attached hydrogen (secondary N) is 1. The van der Waals surface area contributed by atoms with Crippen LogP contribution < -0.4 is 5.32 Å². The summed E-state index contributed by atoms with van der Waals surface area (Å²) in [6.45, 7) is 3.79. The van der Waals surface area contributed by atoms with Crippen molar-refractivity contribution in [3.8, 4) is 0 Å². The van der Waals surface area contributed by atoms with E-state index in [-0.39, 0.29) is 0 Å². The van der Waals surface area contributed by atoms with Gasteiger partial charge in [0, 0.05) is 25.2 Å². The summed E-state index contributed by atoms with van der Waals surface area (Å²) < 4.78 is 0. The van der Waals surface area contributed by atoms with Gasteiger partial charge in [0.1, 0.15) is 0 Å². The van der Waals surface area contributed by atoms with Crippen LogP contribution in [0, 0.1) is 11.8 Å². The predicted molar refractivity (Wildman–Crippen MR) is 87.4 cm³/mol. The van der Waals surface area contributed by atoms with Crippen LogP contribution in [0.4, 0.5) is 0 Å². The molecule has 3 fully saturated rings. The Balaban J connectivity index is 1.39. The number of nitrogens with zero attached hydrogens (tertiary/aromatic N) is 1. The van der Waals surface area contributed by atoms with Gasteiger partial charge in [-0.2, -0.15) is 0 Å². The summed E-state index contributed by atoms with van der Waals surface area (Å²) in [5.74, 6) is 2.03. The maximum Gasteiger partial charge on any atom is 0.0261 e. The van der Waals surface area contributed by atoms with Crippen molar-refractivity contribution in [2.75, 3.05) is 19.6 Å².